The van der Waals surface area contributed by atoms with E-state index in [-0.39, 0.29) is 11.2 Å². The summed E-state index contributed by atoms with van der Waals surface area (Å²) in [6.07, 6.45) is 2.77. The van der Waals surface area contributed by atoms with Crippen LogP contribution >= 0.6 is 11.3 Å². The van der Waals surface area contributed by atoms with Crippen molar-refractivity contribution in [3.8, 4) is 0 Å². The van der Waals surface area contributed by atoms with Crippen molar-refractivity contribution < 1.29 is 4.79 Å². The lowest BCUT2D eigenvalue weighted by atomic mass is 9.77. The SMILES string of the molecule is C=C1CC(C)(C)C=C(c2nc3ccccc3s2)C1=O. The van der Waals surface area contributed by atoms with Crippen molar-refractivity contribution in [2.24, 2.45) is 5.41 Å². The highest BCUT2D eigenvalue weighted by atomic mass is 32.1. The summed E-state index contributed by atoms with van der Waals surface area (Å²) in [6.45, 7) is 8.15. The molecule has 0 spiro atoms. The van der Waals surface area contributed by atoms with Gasteiger partial charge in [0.15, 0.2) is 5.78 Å². The maximum Gasteiger partial charge on any atom is 0.191 e. The molecular weight excluding hydrogens is 254 g/mol. The van der Waals surface area contributed by atoms with Gasteiger partial charge in [0.05, 0.1) is 15.8 Å². The van der Waals surface area contributed by atoms with E-state index in [4.69, 9.17) is 0 Å². The third kappa shape index (κ3) is 2.15. The number of nitrogens with zero attached hydrogens (tertiary/aromatic N) is 1. The number of benzene rings is 1. The summed E-state index contributed by atoms with van der Waals surface area (Å²) in [7, 11) is 0. The molecule has 0 saturated carbocycles. The van der Waals surface area contributed by atoms with Crippen molar-refractivity contribution in [1.82, 2.24) is 4.98 Å². The van der Waals surface area contributed by atoms with Gasteiger partial charge in [-0.2, -0.15) is 0 Å². The average molecular weight is 269 g/mol. The highest BCUT2D eigenvalue weighted by Gasteiger charge is 2.30. The number of Topliss-reactive ketones (excluding diaryl/α,β-unsaturated/α-hetero) is 1. The minimum Gasteiger partial charge on any atom is -0.289 e. The third-order valence-corrected chi connectivity index (χ3v) is 4.36. The van der Waals surface area contributed by atoms with E-state index in [2.05, 4.69) is 25.4 Å². The Kier molecular flexibility index (Phi) is 2.68. The molecule has 1 aliphatic rings. The zero-order valence-electron chi connectivity index (χ0n) is 11.1. The number of rotatable bonds is 1. The molecule has 1 aliphatic carbocycles. The molecule has 0 aliphatic heterocycles. The molecule has 19 heavy (non-hydrogen) atoms. The summed E-state index contributed by atoms with van der Waals surface area (Å²) < 4.78 is 1.11. The summed E-state index contributed by atoms with van der Waals surface area (Å²) in [5, 5.41) is 0.806. The smallest absolute Gasteiger partial charge is 0.191 e. The molecule has 1 heterocycles. The molecule has 0 bridgehead atoms. The average Bonchev–Trinajstić information content (AvgIpc) is 2.76. The van der Waals surface area contributed by atoms with Gasteiger partial charge >= 0.3 is 0 Å². The molecule has 3 heteroatoms. The van der Waals surface area contributed by atoms with Gasteiger partial charge < -0.3 is 0 Å². The Morgan fingerprint density at radius 3 is 2.79 bits per heavy atom. The van der Waals surface area contributed by atoms with Crippen molar-refractivity contribution in [2.75, 3.05) is 0 Å². The van der Waals surface area contributed by atoms with Crippen LogP contribution in [0.2, 0.25) is 0 Å². The summed E-state index contributed by atoms with van der Waals surface area (Å²) in [5.74, 6) is 0.0402. The molecule has 0 saturated heterocycles. The normalized spacial score (nSPS) is 18.7. The molecule has 1 aromatic heterocycles. The van der Waals surface area contributed by atoms with E-state index in [0.717, 1.165) is 21.6 Å². The molecule has 96 valence electrons. The van der Waals surface area contributed by atoms with Crippen molar-refractivity contribution in [2.45, 2.75) is 20.3 Å². The van der Waals surface area contributed by atoms with Gasteiger partial charge in [-0.1, -0.05) is 38.6 Å². The number of fused-ring (bicyclic) bond motifs is 1. The Morgan fingerprint density at radius 1 is 1.32 bits per heavy atom. The molecule has 0 amide bonds. The maximum absolute atomic E-state index is 12.3. The molecule has 0 radical (unpaired) electrons. The van der Waals surface area contributed by atoms with Crippen molar-refractivity contribution in [1.29, 1.82) is 0 Å². The highest BCUT2D eigenvalue weighted by molar-refractivity contribution is 7.19. The molecular formula is C16H15NOS. The number of para-hydroxylation sites is 1. The van der Waals surface area contributed by atoms with Crippen LogP contribution in [0.4, 0.5) is 0 Å². The van der Waals surface area contributed by atoms with Crippen LogP contribution in [-0.4, -0.2) is 10.8 Å². The maximum atomic E-state index is 12.3. The lowest BCUT2D eigenvalue weighted by molar-refractivity contribution is -0.111. The van der Waals surface area contributed by atoms with Crippen molar-refractivity contribution >= 4 is 32.9 Å². The zero-order chi connectivity index (χ0) is 13.6. The van der Waals surface area contributed by atoms with Crippen LogP contribution in [0.15, 0.2) is 42.5 Å². The largest absolute Gasteiger partial charge is 0.289 e. The monoisotopic (exact) mass is 269 g/mol. The predicted molar refractivity (Wildman–Crippen MR) is 80.1 cm³/mol. The Hall–Kier alpha value is -1.74. The number of thiazole rings is 1. The van der Waals surface area contributed by atoms with Crippen LogP contribution in [-0.2, 0) is 4.79 Å². The predicted octanol–water partition coefficient (Wildman–Crippen LogP) is 4.23. The second kappa shape index (κ2) is 4.14. The minimum absolute atomic E-state index is 0.0296. The van der Waals surface area contributed by atoms with Gasteiger partial charge in [0, 0.05) is 0 Å². The second-order valence-electron chi connectivity index (χ2n) is 5.64. The molecule has 0 fully saturated rings. The van der Waals surface area contributed by atoms with Crippen LogP contribution in [0.5, 0.6) is 0 Å². The highest BCUT2D eigenvalue weighted by Crippen LogP contribution is 2.39. The molecule has 2 aromatic rings. The Balaban J connectivity index is 2.16. The summed E-state index contributed by atoms with van der Waals surface area (Å²) in [6, 6.07) is 7.96. The molecule has 2 nitrogen and oxygen atoms in total. The van der Waals surface area contributed by atoms with Gasteiger partial charge in [-0.15, -0.1) is 11.3 Å². The third-order valence-electron chi connectivity index (χ3n) is 3.29. The lowest BCUT2D eigenvalue weighted by Crippen LogP contribution is -2.21. The van der Waals surface area contributed by atoms with Crippen molar-refractivity contribution in [3.63, 3.8) is 0 Å². The fourth-order valence-corrected chi connectivity index (χ4v) is 3.45. The topological polar surface area (TPSA) is 30.0 Å². The van der Waals surface area contributed by atoms with E-state index in [0.29, 0.717) is 11.1 Å². The minimum atomic E-state index is -0.0296. The van der Waals surface area contributed by atoms with Gasteiger partial charge in [-0.3, -0.25) is 4.79 Å². The van der Waals surface area contributed by atoms with Gasteiger partial charge in [0.1, 0.15) is 5.01 Å². The molecule has 1 aromatic carbocycles. The van der Waals surface area contributed by atoms with Crippen molar-refractivity contribution in [3.05, 3.63) is 47.5 Å². The molecule has 0 unspecified atom stereocenters. The number of carbonyl (C=O) groups is 1. The van der Waals surface area contributed by atoms with E-state index in [9.17, 15) is 4.79 Å². The number of allylic oxidation sites excluding steroid dienone is 3. The Morgan fingerprint density at radius 2 is 2.05 bits per heavy atom. The van der Waals surface area contributed by atoms with Crippen LogP contribution in [0.25, 0.3) is 15.8 Å². The number of ketones is 1. The quantitative estimate of drug-likeness (QED) is 0.725. The second-order valence-corrected chi connectivity index (χ2v) is 6.67. The van der Waals surface area contributed by atoms with Crippen LogP contribution in [0.1, 0.15) is 25.3 Å². The first-order chi connectivity index (χ1) is 8.96. The van der Waals surface area contributed by atoms with E-state index in [1.807, 2.05) is 30.3 Å². The van der Waals surface area contributed by atoms with E-state index < -0.39 is 0 Å². The number of carbonyl (C=O) groups excluding carboxylic acids is 1. The van der Waals surface area contributed by atoms with Crippen LogP contribution < -0.4 is 0 Å². The van der Waals surface area contributed by atoms with Gasteiger partial charge in [-0.25, -0.2) is 4.98 Å². The van der Waals surface area contributed by atoms with E-state index >= 15 is 0 Å². The zero-order valence-corrected chi connectivity index (χ0v) is 11.9. The molecule has 3 rings (SSSR count). The van der Waals surface area contributed by atoms with Gasteiger partial charge in [0.2, 0.25) is 0 Å². The molecule has 0 N–H and O–H groups in total. The number of aromatic nitrogens is 1. The van der Waals surface area contributed by atoms with E-state index in [1.165, 1.54) is 0 Å². The first kappa shape index (κ1) is 12.3. The first-order valence-corrected chi connectivity index (χ1v) is 7.09. The van der Waals surface area contributed by atoms with Crippen LogP contribution in [0.3, 0.4) is 0 Å². The first-order valence-electron chi connectivity index (χ1n) is 6.27. The number of hydrogen-bond donors (Lipinski definition) is 0. The number of hydrogen-bond acceptors (Lipinski definition) is 3. The summed E-state index contributed by atoms with van der Waals surface area (Å²) in [4.78, 5) is 16.9. The van der Waals surface area contributed by atoms with E-state index in [1.54, 1.807) is 11.3 Å². The van der Waals surface area contributed by atoms with Gasteiger partial charge in [-0.05, 0) is 29.5 Å². The summed E-state index contributed by atoms with van der Waals surface area (Å²) >= 11 is 1.57. The van der Waals surface area contributed by atoms with Gasteiger partial charge in [0.25, 0.3) is 0 Å². The standard InChI is InChI=1S/C16H15NOS/c1-10-8-16(2,3)9-11(14(10)18)15-17-12-6-4-5-7-13(12)19-15/h4-7,9H,1,8H2,2-3H3. The molecule has 0 atom stereocenters. The summed E-state index contributed by atoms with van der Waals surface area (Å²) in [5.41, 5.74) is 2.31. The van der Waals surface area contributed by atoms with Crippen LogP contribution in [0, 0.1) is 5.41 Å². The Bertz CT molecular complexity index is 688. The Labute approximate surface area is 116 Å². The lowest BCUT2D eigenvalue weighted by Gasteiger charge is -2.27. The fourth-order valence-electron chi connectivity index (χ4n) is 2.47. The fraction of sp³-hybridized carbons (Fsp3) is 0.250.